The number of hydrogen-bond acceptors (Lipinski definition) is 6. The number of carbonyl (C=O) groups excluding carboxylic acids is 1. The minimum Gasteiger partial charge on any atom is -0.477 e. The van der Waals surface area contributed by atoms with Crippen LogP contribution in [0.4, 0.5) is 5.69 Å². The Kier molecular flexibility index (Phi) is 7.07. The van der Waals surface area contributed by atoms with E-state index >= 15 is 0 Å². The number of nitro groups is 1. The van der Waals surface area contributed by atoms with Crippen molar-refractivity contribution in [1.82, 2.24) is 10.3 Å². The number of nitro benzene ring substituents is 1. The maximum absolute atomic E-state index is 12.2. The highest BCUT2D eigenvalue weighted by Gasteiger charge is 2.18. The molecule has 0 heterocycles. The van der Waals surface area contributed by atoms with E-state index in [1.54, 1.807) is 12.1 Å². The molecule has 150 valence electrons. The molecule has 2 rings (SSSR count). The molecule has 0 saturated heterocycles. The monoisotopic (exact) mass is 407 g/mol. The first-order valence-corrected chi connectivity index (χ1v) is 9.99. The molecule has 0 fully saturated rings. The fourth-order valence-electron chi connectivity index (χ4n) is 2.30. The van der Waals surface area contributed by atoms with Crippen molar-refractivity contribution in [1.29, 1.82) is 0 Å². The smallest absolute Gasteiger partial charge is 0.310 e. The van der Waals surface area contributed by atoms with Gasteiger partial charge in [-0.2, -0.15) is 0 Å². The summed E-state index contributed by atoms with van der Waals surface area (Å²) in [5.41, 5.74) is 2.74. The average Bonchev–Trinajstić information content (AvgIpc) is 2.70. The topological polar surface area (TPSA) is 128 Å². The molecule has 0 saturated carbocycles. The van der Waals surface area contributed by atoms with E-state index in [9.17, 15) is 23.3 Å². The predicted octanol–water partition coefficient (Wildman–Crippen LogP) is 2.50. The Morgan fingerprint density at radius 3 is 2.43 bits per heavy atom. The lowest BCUT2D eigenvalue weighted by molar-refractivity contribution is -0.385. The van der Waals surface area contributed by atoms with E-state index in [-0.39, 0.29) is 16.3 Å². The second-order valence-corrected chi connectivity index (χ2v) is 7.73. The highest BCUT2D eigenvalue weighted by Crippen LogP contribution is 2.25. The molecule has 0 bridgehead atoms. The van der Waals surface area contributed by atoms with Crippen LogP contribution in [0.1, 0.15) is 31.7 Å². The van der Waals surface area contributed by atoms with Crippen molar-refractivity contribution < 1.29 is 22.9 Å². The molecule has 10 heteroatoms. The summed E-state index contributed by atoms with van der Waals surface area (Å²) in [5, 5.41) is 10.9. The molecule has 28 heavy (non-hydrogen) atoms. The highest BCUT2D eigenvalue weighted by molar-refractivity contribution is 7.89. The molecule has 2 N–H and O–H groups in total. The van der Waals surface area contributed by atoms with Gasteiger partial charge in [-0.05, 0) is 36.1 Å². The van der Waals surface area contributed by atoms with Gasteiger partial charge in [-0.1, -0.05) is 38.1 Å². The number of ether oxygens (including phenoxy) is 1. The molecule has 0 spiro atoms. The number of benzene rings is 2. The number of hydrogen-bond donors (Lipinski definition) is 2. The molecule has 0 aliphatic carbocycles. The normalized spacial score (nSPS) is 12.2. The molecule has 0 unspecified atom stereocenters. The summed E-state index contributed by atoms with van der Waals surface area (Å²) in [6.45, 7) is 3.48. The van der Waals surface area contributed by atoms with Crippen LogP contribution < -0.4 is 15.0 Å². The van der Waals surface area contributed by atoms with E-state index in [0.717, 1.165) is 12.0 Å². The summed E-state index contributed by atoms with van der Waals surface area (Å²) in [7, 11) is -3.95. The van der Waals surface area contributed by atoms with Gasteiger partial charge < -0.3 is 4.74 Å². The lowest BCUT2D eigenvalue weighted by atomic mass is 9.99. The fraction of sp³-hybridized carbons (Fsp3) is 0.278. The number of para-hydroxylation sites is 2. The van der Waals surface area contributed by atoms with Crippen LogP contribution >= 0.6 is 0 Å². The molecule has 0 aliphatic heterocycles. The van der Waals surface area contributed by atoms with Crippen LogP contribution in [0.5, 0.6) is 5.75 Å². The van der Waals surface area contributed by atoms with Crippen LogP contribution in [-0.2, 0) is 14.8 Å². The predicted molar refractivity (Wildman–Crippen MR) is 102 cm³/mol. The summed E-state index contributed by atoms with van der Waals surface area (Å²) < 4.78 is 29.6. The van der Waals surface area contributed by atoms with Crippen molar-refractivity contribution in [3.8, 4) is 5.75 Å². The number of carbonyl (C=O) groups is 1. The molecule has 2 aromatic carbocycles. The van der Waals surface area contributed by atoms with Crippen molar-refractivity contribution >= 4 is 21.6 Å². The summed E-state index contributed by atoms with van der Waals surface area (Å²) >= 11 is 0. The first-order valence-electron chi connectivity index (χ1n) is 8.51. The Bertz CT molecular complexity index is 944. The number of rotatable bonds is 9. The Morgan fingerprint density at radius 1 is 1.18 bits per heavy atom. The van der Waals surface area contributed by atoms with E-state index in [0.29, 0.717) is 5.92 Å². The first-order chi connectivity index (χ1) is 13.2. The third-order valence-electron chi connectivity index (χ3n) is 4.12. The van der Waals surface area contributed by atoms with Crippen molar-refractivity contribution in [2.24, 2.45) is 0 Å². The van der Waals surface area contributed by atoms with Gasteiger partial charge in [0.1, 0.15) is 0 Å². The molecule has 9 nitrogen and oxygen atoms in total. The standard InChI is InChI=1S/C18H21N3O6S/c1-3-13(2)14-8-10-15(11-9-14)28(25,26)20-19-18(22)12-27-17-7-5-4-6-16(17)21(23)24/h4-11,13,20H,3,12H2,1-2H3,(H,19,22)/t13-/m0/s1. The Morgan fingerprint density at radius 2 is 1.82 bits per heavy atom. The van der Waals surface area contributed by atoms with Crippen LogP contribution in [0.15, 0.2) is 53.4 Å². The zero-order valence-corrected chi connectivity index (χ0v) is 16.2. The summed E-state index contributed by atoms with van der Waals surface area (Å²) in [6.07, 6.45) is 0.931. The zero-order chi connectivity index (χ0) is 20.7. The second-order valence-electron chi connectivity index (χ2n) is 6.05. The van der Waals surface area contributed by atoms with Gasteiger partial charge in [0, 0.05) is 6.07 Å². The lowest BCUT2D eigenvalue weighted by Gasteiger charge is -2.12. The van der Waals surface area contributed by atoms with Crippen LogP contribution in [0.3, 0.4) is 0 Å². The van der Waals surface area contributed by atoms with E-state index in [1.807, 2.05) is 24.1 Å². The number of hydrazine groups is 1. The van der Waals surface area contributed by atoms with Gasteiger partial charge in [0.05, 0.1) is 9.82 Å². The zero-order valence-electron chi connectivity index (χ0n) is 15.4. The van der Waals surface area contributed by atoms with Gasteiger partial charge in [0.25, 0.3) is 15.9 Å². The number of sulfonamides is 1. The summed E-state index contributed by atoms with van der Waals surface area (Å²) in [6, 6.07) is 11.9. The molecular formula is C18H21N3O6S. The molecule has 2 aromatic rings. The first kappa shape index (κ1) is 21.3. The minimum atomic E-state index is -3.95. The number of nitrogens with one attached hydrogen (secondary N) is 2. The maximum Gasteiger partial charge on any atom is 0.310 e. The number of nitrogens with zero attached hydrogens (tertiary/aromatic N) is 1. The number of amides is 1. The molecule has 1 amide bonds. The quantitative estimate of drug-likeness (QED) is 0.486. The van der Waals surface area contributed by atoms with Gasteiger partial charge in [-0.25, -0.2) is 8.42 Å². The van der Waals surface area contributed by atoms with E-state index in [2.05, 4.69) is 0 Å². The minimum absolute atomic E-state index is 0.000492. The lowest BCUT2D eigenvalue weighted by Crippen LogP contribution is -2.43. The van der Waals surface area contributed by atoms with E-state index < -0.39 is 27.5 Å². The van der Waals surface area contributed by atoms with Crippen molar-refractivity contribution in [2.75, 3.05) is 6.61 Å². The van der Waals surface area contributed by atoms with Crippen molar-refractivity contribution in [3.63, 3.8) is 0 Å². The largest absolute Gasteiger partial charge is 0.477 e. The van der Waals surface area contributed by atoms with Gasteiger partial charge in [0.15, 0.2) is 12.4 Å². The SMILES string of the molecule is CC[C@H](C)c1ccc(S(=O)(=O)NNC(=O)COc2ccccc2[N+](=O)[O-])cc1. The summed E-state index contributed by atoms with van der Waals surface area (Å²) in [4.78, 5) is 24.1. The molecule has 0 aromatic heterocycles. The molecule has 0 radical (unpaired) electrons. The van der Waals surface area contributed by atoms with Gasteiger partial charge in [-0.3, -0.25) is 20.3 Å². The average molecular weight is 407 g/mol. The summed E-state index contributed by atoms with van der Waals surface area (Å²) in [5.74, 6) is -0.590. The Balaban J connectivity index is 1.94. The van der Waals surface area contributed by atoms with Gasteiger partial charge in [0.2, 0.25) is 0 Å². The molecule has 0 aliphatic rings. The third-order valence-corrected chi connectivity index (χ3v) is 5.38. The molecule has 1 atom stereocenters. The fourth-order valence-corrected chi connectivity index (χ4v) is 3.16. The highest BCUT2D eigenvalue weighted by atomic mass is 32.2. The van der Waals surface area contributed by atoms with Crippen LogP contribution in [0.25, 0.3) is 0 Å². The van der Waals surface area contributed by atoms with Crippen LogP contribution in [0, 0.1) is 10.1 Å². The third kappa shape index (κ3) is 5.51. The van der Waals surface area contributed by atoms with Crippen molar-refractivity contribution in [3.05, 3.63) is 64.2 Å². The maximum atomic E-state index is 12.2. The van der Waals surface area contributed by atoms with Crippen molar-refractivity contribution in [2.45, 2.75) is 31.1 Å². The Hall–Kier alpha value is -2.98. The van der Waals surface area contributed by atoms with E-state index in [4.69, 9.17) is 4.74 Å². The Labute approximate surface area is 162 Å². The van der Waals surface area contributed by atoms with Gasteiger partial charge >= 0.3 is 5.69 Å². The van der Waals surface area contributed by atoms with Crippen LogP contribution in [-0.4, -0.2) is 25.9 Å². The molecular weight excluding hydrogens is 386 g/mol. The van der Waals surface area contributed by atoms with Gasteiger partial charge in [-0.15, -0.1) is 4.83 Å². The van der Waals surface area contributed by atoms with Crippen LogP contribution in [0.2, 0.25) is 0 Å². The van der Waals surface area contributed by atoms with E-state index in [1.165, 1.54) is 36.4 Å². The second kappa shape index (κ2) is 9.29.